The number of carbonyl (C=O) groups is 1. The molecule has 1 aromatic heterocycles. The normalized spacial score (nSPS) is 16.7. The molecule has 1 aliphatic rings. The molecule has 2 aromatic carbocycles. The van der Waals surface area contributed by atoms with Gasteiger partial charge in [0, 0.05) is 31.1 Å². The number of sulfonamides is 1. The van der Waals surface area contributed by atoms with E-state index in [2.05, 4.69) is 15.5 Å². The molecule has 1 saturated heterocycles. The van der Waals surface area contributed by atoms with Crippen LogP contribution in [-0.4, -0.2) is 48.5 Å². The molecule has 10 heteroatoms. The molecule has 3 aromatic rings. The fourth-order valence-corrected chi connectivity index (χ4v) is 5.63. The lowest BCUT2D eigenvalue weighted by Crippen LogP contribution is -2.43. The summed E-state index contributed by atoms with van der Waals surface area (Å²) in [6.45, 7) is 6.91. The molecule has 36 heavy (non-hydrogen) atoms. The monoisotopic (exact) mass is 512 g/mol. The van der Waals surface area contributed by atoms with E-state index in [1.54, 1.807) is 24.3 Å². The fourth-order valence-electron chi connectivity index (χ4n) is 4.10. The highest BCUT2D eigenvalue weighted by molar-refractivity contribution is 7.89. The molecule has 0 unspecified atom stereocenters. The van der Waals surface area contributed by atoms with E-state index in [1.165, 1.54) is 4.31 Å². The summed E-state index contributed by atoms with van der Waals surface area (Å²) in [6.07, 6.45) is 1.79. The summed E-state index contributed by atoms with van der Waals surface area (Å²) in [7, 11) is -3.69. The molecule has 0 radical (unpaired) electrons. The number of piperidine rings is 1. The molecule has 0 spiro atoms. The van der Waals surface area contributed by atoms with Crippen molar-refractivity contribution in [2.45, 2.75) is 50.8 Å². The predicted octanol–water partition coefficient (Wildman–Crippen LogP) is 4.22. The smallest absolute Gasteiger partial charge is 0.243 e. The maximum Gasteiger partial charge on any atom is 0.243 e. The van der Waals surface area contributed by atoms with Gasteiger partial charge >= 0.3 is 0 Å². The van der Waals surface area contributed by atoms with Crippen molar-refractivity contribution < 1.29 is 22.5 Å². The second-order valence-electron chi connectivity index (χ2n) is 9.17. The van der Waals surface area contributed by atoms with E-state index in [4.69, 9.17) is 9.26 Å². The lowest BCUT2D eigenvalue weighted by Gasteiger charge is -2.31. The molecular weight excluding hydrogens is 480 g/mol. The maximum atomic E-state index is 13.1. The lowest BCUT2D eigenvalue weighted by molar-refractivity contribution is -0.120. The number of ether oxygens (including phenoxy) is 1. The van der Waals surface area contributed by atoms with E-state index >= 15 is 0 Å². The molecule has 192 valence electrons. The summed E-state index contributed by atoms with van der Waals surface area (Å²) in [5.41, 5.74) is 1.65. The van der Waals surface area contributed by atoms with Gasteiger partial charge in [0.2, 0.25) is 21.8 Å². The number of hydrogen-bond donors (Lipinski definition) is 1. The molecule has 0 aliphatic carbocycles. The Balaban J connectivity index is 1.36. The highest BCUT2D eigenvalue weighted by Crippen LogP contribution is 2.26. The third-order valence-electron chi connectivity index (χ3n) is 6.09. The highest BCUT2D eigenvalue weighted by atomic mass is 32.2. The van der Waals surface area contributed by atoms with Gasteiger partial charge < -0.3 is 14.6 Å². The molecular formula is C26H32N4O5S. The molecule has 4 rings (SSSR count). The molecule has 9 nitrogen and oxygen atoms in total. The summed E-state index contributed by atoms with van der Waals surface area (Å²) in [5.74, 6) is 1.41. The van der Waals surface area contributed by atoms with Crippen molar-refractivity contribution in [2.24, 2.45) is 5.92 Å². The van der Waals surface area contributed by atoms with Gasteiger partial charge in [-0.3, -0.25) is 4.79 Å². The second kappa shape index (κ2) is 11.2. The Hall–Kier alpha value is -3.24. The Morgan fingerprint density at radius 2 is 1.89 bits per heavy atom. The lowest BCUT2D eigenvalue weighted by atomic mass is 9.98. The number of anilines is 1. The number of carbonyl (C=O) groups excluding carboxylic acids is 1. The van der Waals surface area contributed by atoms with Gasteiger partial charge in [-0.2, -0.15) is 9.29 Å². The number of aromatic nitrogens is 2. The van der Waals surface area contributed by atoms with Crippen LogP contribution in [0, 0.1) is 5.92 Å². The van der Waals surface area contributed by atoms with Gasteiger partial charge in [0.05, 0.1) is 17.4 Å². The largest absolute Gasteiger partial charge is 0.494 e. The van der Waals surface area contributed by atoms with Crippen molar-refractivity contribution >= 4 is 21.6 Å². The van der Waals surface area contributed by atoms with Crippen LogP contribution in [0.3, 0.4) is 0 Å². The maximum absolute atomic E-state index is 13.1. The SMILES string of the molecule is CCOc1ccc(S(=O)(=O)N2CCC[C@H](C(=O)Nc3ccc(Cc4noc(C(C)C)n4)cc3)C2)cc1. The van der Waals surface area contributed by atoms with Crippen LogP contribution in [0.4, 0.5) is 5.69 Å². The van der Waals surface area contributed by atoms with Crippen molar-refractivity contribution in [1.29, 1.82) is 0 Å². The van der Waals surface area contributed by atoms with Crippen molar-refractivity contribution in [2.75, 3.05) is 25.0 Å². The molecule has 0 saturated carbocycles. The fraction of sp³-hybridized carbons (Fsp3) is 0.423. The number of hydrogen-bond acceptors (Lipinski definition) is 7. The van der Waals surface area contributed by atoms with Crippen LogP contribution in [0.15, 0.2) is 57.9 Å². The summed E-state index contributed by atoms with van der Waals surface area (Å²) in [4.78, 5) is 17.5. The molecule has 1 atom stereocenters. The highest BCUT2D eigenvalue weighted by Gasteiger charge is 2.33. The Morgan fingerprint density at radius 1 is 1.17 bits per heavy atom. The van der Waals surface area contributed by atoms with E-state index in [0.717, 1.165) is 5.56 Å². The summed E-state index contributed by atoms with van der Waals surface area (Å²) < 4.78 is 38.3. The van der Waals surface area contributed by atoms with Crippen molar-refractivity contribution in [3.8, 4) is 5.75 Å². The van der Waals surface area contributed by atoms with Crippen LogP contribution in [0.25, 0.3) is 0 Å². The zero-order valence-corrected chi connectivity index (χ0v) is 21.6. The zero-order chi connectivity index (χ0) is 25.7. The minimum Gasteiger partial charge on any atom is -0.494 e. The van der Waals surface area contributed by atoms with Crippen LogP contribution >= 0.6 is 0 Å². The van der Waals surface area contributed by atoms with Crippen LogP contribution in [0.1, 0.15) is 56.8 Å². The summed E-state index contributed by atoms with van der Waals surface area (Å²) in [6, 6.07) is 13.9. The number of rotatable bonds is 9. The second-order valence-corrected chi connectivity index (χ2v) is 11.1. The first-order chi connectivity index (χ1) is 17.3. The minimum atomic E-state index is -3.69. The number of nitrogens with one attached hydrogen (secondary N) is 1. The van der Waals surface area contributed by atoms with E-state index in [-0.39, 0.29) is 23.3 Å². The summed E-state index contributed by atoms with van der Waals surface area (Å²) >= 11 is 0. The standard InChI is InChI=1S/C26H32N4O5S/c1-4-34-22-11-13-23(14-12-22)36(32,33)30-15-5-6-20(17-30)25(31)27-21-9-7-19(8-10-21)16-24-28-26(18(2)3)35-29-24/h7-14,18,20H,4-6,15-17H2,1-3H3,(H,27,31)/t20-/m0/s1. The third kappa shape index (κ3) is 6.11. The van der Waals surface area contributed by atoms with Gasteiger partial charge in [0.25, 0.3) is 0 Å². The van der Waals surface area contributed by atoms with Crippen molar-refractivity contribution in [3.05, 3.63) is 65.8 Å². The van der Waals surface area contributed by atoms with E-state index in [1.807, 2.05) is 45.0 Å². The number of amides is 1. The molecule has 1 fully saturated rings. The van der Waals surface area contributed by atoms with Gasteiger partial charge in [-0.25, -0.2) is 8.42 Å². The Bertz CT molecular complexity index is 1270. The predicted molar refractivity (Wildman–Crippen MR) is 135 cm³/mol. The molecule has 1 aliphatic heterocycles. The Morgan fingerprint density at radius 3 is 2.53 bits per heavy atom. The van der Waals surface area contributed by atoms with Gasteiger partial charge in [-0.1, -0.05) is 31.1 Å². The van der Waals surface area contributed by atoms with E-state index in [0.29, 0.717) is 55.6 Å². The third-order valence-corrected chi connectivity index (χ3v) is 7.97. The summed E-state index contributed by atoms with van der Waals surface area (Å²) in [5, 5.41) is 6.94. The van der Waals surface area contributed by atoms with Crippen LogP contribution < -0.4 is 10.1 Å². The first-order valence-electron chi connectivity index (χ1n) is 12.2. The van der Waals surface area contributed by atoms with E-state index < -0.39 is 15.9 Å². The van der Waals surface area contributed by atoms with Gasteiger partial charge in [-0.05, 0) is 61.7 Å². The van der Waals surface area contributed by atoms with Crippen molar-refractivity contribution in [3.63, 3.8) is 0 Å². The quantitative estimate of drug-likeness (QED) is 0.456. The van der Waals surface area contributed by atoms with Crippen LogP contribution in [-0.2, 0) is 21.2 Å². The Labute approximate surface area is 211 Å². The number of nitrogens with zero attached hydrogens (tertiary/aromatic N) is 3. The first kappa shape index (κ1) is 25.8. The number of benzene rings is 2. The first-order valence-corrected chi connectivity index (χ1v) is 13.7. The molecule has 2 heterocycles. The van der Waals surface area contributed by atoms with Gasteiger partial charge in [0.15, 0.2) is 5.82 Å². The average Bonchev–Trinajstić information content (AvgIpc) is 3.35. The van der Waals surface area contributed by atoms with Crippen molar-refractivity contribution in [1.82, 2.24) is 14.4 Å². The Kier molecular flexibility index (Phi) is 8.05. The van der Waals surface area contributed by atoms with Crippen LogP contribution in [0.2, 0.25) is 0 Å². The average molecular weight is 513 g/mol. The molecule has 0 bridgehead atoms. The van der Waals surface area contributed by atoms with Gasteiger partial charge in [0.1, 0.15) is 5.75 Å². The molecule has 1 N–H and O–H groups in total. The minimum absolute atomic E-state index is 0.148. The topological polar surface area (TPSA) is 115 Å². The molecule has 1 amide bonds. The zero-order valence-electron chi connectivity index (χ0n) is 20.8. The van der Waals surface area contributed by atoms with Crippen LogP contribution in [0.5, 0.6) is 5.75 Å². The van der Waals surface area contributed by atoms with Gasteiger partial charge in [-0.15, -0.1) is 0 Å². The van der Waals surface area contributed by atoms with E-state index in [9.17, 15) is 13.2 Å².